The Hall–Kier alpha value is -1.31. The molecule has 0 aliphatic heterocycles. The summed E-state index contributed by atoms with van der Waals surface area (Å²) in [4.78, 5) is 11.4. The second-order valence-corrected chi connectivity index (χ2v) is 4.23. The number of aryl methyl sites for hydroxylation is 2. The molecule has 1 rings (SSSR count). The summed E-state index contributed by atoms with van der Waals surface area (Å²) in [6, 6.07) is 4.10. The molecule has 16 heavy (non-hydrogen) atoms. The molecule has 0 spiro atoms. The lowest BCUT2D eigenvalue weighted by Crippen LogP contribution is -2.12. The predicted molar refractivity (Wildman–Crippen MR) is 66.1 cm³/mol. The van der Waals surface area contributed by atoms with Gasteiger partial charge in [-0.05, 0) is 43.9 Å². The summed E-state index contributed by atoms with van der Waals surface area (Å²) < 4.78 is 5.61. The monoisotopic (exact) mass is 220 g/mol. The number of carbonyl (C=O) groups is 1. The minimum atomic E-state index is 0.169. The largest absolute Gasteiger partial charge is 0.485 e. The maximum Gasteiger partial charge on any atom is 0.170 e. The van der Waals surface area contributed by atoms with Gasteiger partial charge in [0.1, 0.15) is 12.4 Å². The van der Waals surface area contributed by atoms with Gasteiger partial charge in [0, 0.05) is 6.42 Å². The molecule has 0 N–H and O–H groups in total. The summed E-state index contributed by atoms with van der Waals surface area (Å²) in [5, 5.41) is 0. The van der Waals surface area contributed by atoms with E-state index in [1.165, 1.54) is 5.56 Å². The number of hydrogen-bond donors (Lipinski definition) is 0. The molecule has 0 aromatic heterocycles. The van der Waals surface area contributed by atoms with E-state index >= 15 is 0 Å². The number of carbonyl (C=O) groups excluding carboxylic acids is 1. The highest BCUT2D eigenvalue weighted by Gasteiger charge is 2.08. The molecule has 1 aromatic rings. The summed E-state index contributed by atoms with van der Waals surface area (Å²) in [5.74, 6) is 1.03. The van der Waals surface area contributed by atoms with E-state index in [1.807, 2.05) is 26.8 Å². The van der Waals surface area contributed by atoms with Crippen LogP contribution in [0, 0.1) is 20.8 Å². The Kier molecular flexibility index (Phi) is 4.53. The summed E-state index contributed by atoms with van der Waals surface area (Å²) >= 11 is 0. The highest BCUT2D eigenvalue weighted by molar-refractivity contribution is 5.79. The van der Waals surface area contributed by atoms with Gasteiger partial charge in [0.15, 0.2) is 5.78 Å². The number of ether oxygens (including phenoxy) is 1. The molecule has 0 radical (unpaired) electrons. The van der Waals surface area contributed by atoms with Crippen molar-refractivity contribution in [3.63, 3.8) is 0 Å². The first-order chi connectivity index (χ1) is 7.56. The van der Waals surface area contributed by atoms with Gasteiger partial charge in [-0.2, -0.15) is 0 Å². The molecule has 0 saturated heterocycles. The Morgan fingerprint density at radius 3 is 2.44 bits per heavy atom. The van der Waals surface area contributed by atoms with E-state index in [4.69, 9.17) is 4.74 Å². The van der Waals surface area contributed by atoms with Gasteiger partial charge in [0.25, 0.3) is 0 Å². The molecular weight excluding hydrogens is 200 g/mol. The first-order valence-corrected chi connectivity index (χ1v) is 5.77. The first kappa shape index (κ1) is 12.8. The molecule has 0 bridgehead atoms. The Morgan fingerprint density at radius 2 is 1.81 bits per heavy atom. The van der Waals surface area contributed by atoms with Crippen molar-refractivity contribution in [2.45, 2.75) is 40.5 Å². The van der Waals surface area contributed by atoms with Gasteiger partial charge < -0.3 is 4.74 Å². The molecule has 88 valence electrons. The number of hydrogen-bond acceptors (Lipinski definition) is 2. The summed E-state index contributed by atoms with van der Waals surface area (Å²) in [7, 11) is 0. The smallest absolute Gasteiger partial charge is 0.170 e. The number of rotatable bonds is 5. The van der Waals surface area contributed by atoms with E-state index in [2.05, 4.69) is 13.0 Å². The van der Waals surface area contributed by atoms with E-state index in [1.54, 1.807) is 0 Å². The van der Waals surface area contributed by atoms with Gasteiger partial charge in [-0.1, -0.05) is 19.1 Å². The van der Waals surface area contributed by atoms with Crippen LogP contribution in [0.2, 0.25) is 0 Å². The standard InChI is InChI=1S/C14H20O2/c1-5-6-13(15)9-16-14-11(3)8-7-10(2)12(14)4/h7-8H,5-6,9H2,1-4H3. The van der Waals surface area contributed by atoms with E-state index in [-0.39, 0.29) is 12.4 Å². The highest BCUT2D eigenvalue weighted by Crippen LogP contribution is 2.25. The fourth-order valence-electron chi connectivity index (χ4n) is 1.65. The number of Topliss-reactive ketones (excluding diaryl/α,β-unsaturated/α-hetero) is 1. The van der Waals surface area contributed by atoms with Crippen LogP contribution < -0.4 is 4.74 Å². The molecule has 0 amide bonds. The topological polar surface area (TPSA) is 26.3 Å². The summed E-state index contributed by atoms with van der Waals surface area (Å²) in [5.41, 5.74) is 3.42. The first-order valence-electron chi connectivity index (χ1n) is 5.77. The fourth-order valence-corrected chi connectivity index (χ4v) is 1.65. The van der Waals surface area contributed by atoms with Crippen LogP contribution in [0.3, 0.4) is 0 Å². The van der Waals surface area contributed by atoms with Crippen LogP contribution in [0.4, 0.5) is 0 Å². The molecule has 1 aromatic carbocycles. The van der Waals surface area contributed by atoms with Crippen LogP contribution in [0.1, 0.15) is 36.5 Å². The zero-order valence-electron chi connectivity index (χ0n) is 10.6. The SMILES string of the molecule is CCCC(=O)COc1c(C)ccc(C)c1C. The maximum absolute atomic E-state index is 11.4. The molecular formula is C14H20O2. The minimum absolute atomic E-state index is 0.169. The average Bonchev–Trinajstić information content (AvgIpc) is 2.24. The Bertz CT molecular complexity index is 381. The van der Waals surface area contributed by atoms with E-state index in [9.17, 15) is 4.79 Å². The van der Waals surface area contributed by atoms with Crippen LogP contribution in [-0.2, 0) is 4.79 Å². The number of ketones is 1. The molecule has 0 aliphatic carbocycles. The van der Waals surface area contributed by atoms with Gasteiger partial charge in [-0.25, -0.2) is 0 Å². The zero-order chi connectivity index (χ0) is 12.1. The van der Waals surface area contributed by atoms with Gasteiger partial charge in [0.2, 0.25) is 0 Å². The predicted octanol–water partition coefficient (Wildman–Crippen LogP) is 3.36. The second-order valence-electron chi connectivity index (χ2n) is 4.23. The lowest BCUT2D eigenvalue weighted by molar-refractivity contribution is -0.121. The van der Waals surface area contributed by atoms with E-state index in [0.717, 1.165) is 23.3 Å². The molecule has 0 fully saturated rings. The Morgan fingerprint density at radius 1 is 1.19 bits per heavy atom. The molecule has 0 aliphatic rings. The average molecular weight is 220 g/mol. The molecule has 2 nitrogen and oxygen atoms in total. The Balaban J connectivity index is 2.74. The van der Waals surface area contributed by atoms with E-state index in [0.29, 0.717) is 6.42 Å². The highest BCUT2D eigenvalue weighted by atomic mass is 16.5. The van der Waals surface area contributed by atoms with Gasteiger partial charge in [-0.3, -0.25) is 4.79 Å². The van der Waals surface area contributed by atoms with E-state index < -0.39 is 0 Å². The lowest BCUT2D eigenvalue weighted by atomic mass is 10.1. The van der Waals surface area contributed by atoms with Gasteiger partial charge in [-0.15, -0.1) is 0 Å². The molecule has 0 heterocycles. The summed E-state index contributed by atoms with van der Waals surface area (Å²) in [6.07, 6.45) is 1.48. The normalized spacial score (nSPS) is 10.2. The maximum atomic E-state index is 11.4. The van der Waals surface area contributed by atoms with Crippen LogP contribution in [0.5, 0.6) is 5.75 Å². The fraction of sp³-hybridized carbons (Fsp3) is 0.500. The van der Waals surface area contributed by atoms with Crippen LogP contribution >= 0.6 is 0 Å². The second kappa shape index (κ2) is 5.69. The minimum Gasteiger partial charge on any atom is -0.485 e. The number of benzene rings is 1. The third-order valence-corrected chi connectivity index (χ3v) is 2.78. The van der Waals surface area contributed by atoms with Crippen LogP contribution in [0.25, 0.3) is 0 Å². The Labute approximate surface area is 97.6 Å². The summed E-state index contributed by atoms with van der Waals surface area (Å²) in [6.45, 7) is 8.28. The van der Waals surface area contributed by atoms with Gasteiger partial charge in [0.05, 0.1) is 0 Å². The lowest BCUT2D eigenvalue weighted by Gasteiger charge is -2.13. The van der Waals surface area contributed by atoms with Crippen molar-refractivity contribution in [3.05, 3.63) is 28.8 Å². The van der Waals surface area contributed by atoms with Crippen molar-refractivity contribution in [2.24, 2.45) is 0 Å². The van der Waals surface area contributed by atoms with Crippen molar-refractivity contribution in [2.75, 3.05) is 6.61 Å². The molecule has 2 heteroatoms. The van der Waals surface area contributed by atoms with Gasteiger partial charge >= 0.3 is 0 Å². The van der Waals surface area contributed by atoms with Crippen molar-refractivity contribution in [1.82, 2.24) is 0 Å². The molecule has 0 saturated carbocycles. The molecule has 0 unspecified atom stereocenters. The van der Waals surface area contributed by atoms with Crippen LogP contribution in [0.15, 0.2) is 12.1 Å². The third kappa shape index (κ3) is 3.09. The van der Waals surface area contributed by atoms with Crippen molar-refractivity contribution in [3.8, 4) is 5.75 Å². The quantitative estimate of drug-likeness (QED) is 0.760. The van der Waals surface area contributed by atoms with Crippen molar-refractivity contribution >= 4 is 5.78 Å². The van der Waals surface area contributed by atoms with Crippen molar-refractivity contribution < 1.29 is 9.53 Å². The molecule has 0 atom stereocenters. The zero-order valence-corrected chi connectivity index (χ0v) is 10.6. The van der Waals surface area contributed by atoms with Crippen LogP contribution in [-0.4, -0.2) is 12.4 Å². The van der Waals surface area contributed by atoms with Crippen molar-refractivity contribution in [1.29, 1.82) is 0 Å². The third-order valence-electron chi connectivity index (χ3n) is 2.78.